The van der Waals surface area contributed by atoms with Crippen LogP contribution in [0.4, 0.5) is 17.1 Å². The van der Waals surface area contributed by atoms with E-state index >= 15 is 0 Å². The summed E-state index contributed by atoms with van der Waals surface area (Å²) in [7, 11) is 0. The minimum absolute atomic E-state index is 0.108. The van der Waals surface area contributed by atoms with E-state index in [1.54, 1.807) is 0 Å². The van der Waals surface area contributed by atoms with E-state index in [-0.39, 0.29) is 5.41 Å². The molecule has 292 valence electrons. The molecule has 0 aliphatic heterocycles. The van der Waals surface area contributed by atoms with Gasteiger partial charge in [-0.1, -0.05) is 183 Å². The van der Waals surface area contributed by atoms with E-state index < -0.39 is 0 Å². The van der Waals surface area contributed by atoms with Gasteiger partial charge < -0.3 is 4.90 Å². The van der Waals surface area contributed by atoms with Crippen LogP contribution in [0.2, 0.25) is 0 Å². The van der Waals surface area contributed by atoms with E-state index in [4.69, 9.17) is 0 Å². The first-order valence-electron chi connectivity index (χ1n) is 22.0. The zero-order chi connectivity index (χ0) is 40.3. The van der Waals surface area contributed by atoms with Crippen molar-refractivity contribution >= 4 is 54.1 Å². The quantitative estimate of drug-likeness (QED) is 0.155. The Morgan fingerprint density at radius 3 is 1.72 bits per heavy atom. The molecule has 2 heteroatoms. The van der Waals surface area contributed by atoms with Gasteiger partial charge in [-0.05, 0) is 106 Å². The van der Waals surface area contributed by atoms with Gasteiger partial charge in [0.15, 0.2) is 0 Å². The molecule has 1 heterocycles. The van der Waals surface area contributed by atoms with Gasteiger partial charge in [0.25, 0.3) is 0 Å². The molecule has 1 nitrogen and oxygen atoms in total. The zero-order valence-electron chi connectivity index (χ0n) is 34.2. The Kier molecular flexibility index (Phi) is 8.75. The van der Waals surface area contributed by atoms with Gasteiger partial charge in [0.1, 0.15) is 0 Å². The number of para-hydroxylation sites is 2. The lowest BCUT2D eigenvalue weighted by Gasteiger charge is -2.31. The number of allylic oxidation sites excluding steroid dienone is 4. The van der Waals surface area contributed by atoms with Crippen molar-refractivity contribution < 1.29 is 0 Å². The molecule has 0 saturated heterocycles. The molecule has 9 aromatic rings. The SMILES string of the molecule is C1=CC(c2ccccc2-c2ccccc2-c2ccccc2N(c2ccc3c(c2)-c2ccccc2C32CCCC2)c2ccccc2-c2cccc3c2sc2ccccc23)=CCC1. The van der Waals surface area contributed by atoms with E-state index in [9.17, 15) is 0 Å². The molecule has 12 rings (SSSR count). The third kappa shape index (κ3) is 5.81. The number of hydrogen-bond donors (Lipinski definition) is 0. The Hall–Kier alpha value is -6.74. The third-order valence-electron chi connectivity index (χ3n) is 13.7. The van der Waals surface area contributed by atoms with Crippen molar-refractivity contribution in [2.24, 2.45) is 0 Å². The Morgan fingerprint density at radius 2 is 0.984 bits per heavy atom. The summed E-state index contributed by atoms with van der Waals surface area (Å²) < 4.78 is 2.64. The van der Waals surface area contributed by atoms with Gasteiger partial charge in [0.2, 0.25) is 0 Å². The maximum atomic E-state index is 2.56. The molecule has 0 atom stereocenters. The van der Waals surface area contributed by atoms with Crippen LogP contribution in [0.5, 0.6) is 0 Å². The summed E-state index contributed by atoms with van der Waals surface area (Å²) in [5.41, 5.74) is 19.3. The molecule has 0 unspecified atom stereocenters. The molecule has 3 aliphatic carbocycles. The molecule has 0 N–H and O–H groups in total. The van der Waals surface area contributed by atoms with Crippen LogP contribution < -0.4 is 4.90 Å². The first-order chi connectivity index (χ1) is 30.3. The second kappa shape index (κ2) is 14.8. The van der Waals surface area contributed by atoms with Crippen molar-refractivity contribution in [3.05, 3.63) is 217 Å². The second-order valence-corrected chi connectivity index (χ2v) is 18.0. The van der Waals surface area contributed by atoms with Crippen LogP contribution in [0.25, 0.3) is 70.3 Å². The number of thiophene rings is 1. The lowest BCUT2D eigenvalue weighted by Crippen LogP contribution is -2.20. The molecule has 8 aromatic carbocycles. The highest BCUT2D eigenvalue weighted by Crippen LogP contribution is 2.58. The van der Waals surface area contributed by atoms with Crippen molar-refractivity contribution in [1.29, 1.82) is 0 Å². The summed E-state index contributed by atoms with van der Waals surface area (Å²) in [4.78, 5) is 2.56. The highest BCUT2D eigenvalue weighted by Gasteiger charge is 2.45. The average Bonchev–Trinajstić information content (AvgIpc) is 4.05. The molecular formula is C59H45NS. The predicted molar refractivity (Wildman–Crippen MR) is 261 cm³/mol. The largest absolute Gasteiger partial charge is 0.309 e. The summed E-state index contributed by atoms with van der Waals surface area (Å²) in [6.07, 6.45) is 14.2. The summed E-state index contributed by atoms with van der Waals surface area (Å²) in [5, 5.41) is 2.63. The predicted octanol–water partition coefficient (Wildman–Crippen LogP) is 17.1. The number of fused-ring (bicyclic) bond motifs is 8. The van der Waals surface area contributed by atoms with Gasteiger partial charge in [-0.3, -0.25) is 0 Å². The van der Waals surface area contributed by atoms with Gasteiger partial charge in [-0.25, -0.2) is 0 Å². The normalized spacial score (nSPS) is 15.0. The van der Waals surface area contributed by atoms with Gasteiger partial charge in [0, 0.05) is 48.0 Å². The molecule has 3 aliphatic rings. The van der Waals surface area contributed by atoms with Crippen LogP contribution in [0.3, 0.4) is 0 Å². The molecule has 1 aromatic heterocycles. The van der Waals surface area contributed by atoms with Gasteiger partial charge in [-0.15, -0.1) is 11.3 Å². The summed E-state index contributed by atoms with van der Waals surface area (Å²) in [6, 6.07) is 68.5. The highest BCUT2D eigenvalue weighted by molar-refractivity contribution is 7.26. The molecule has 1 fully saturated rings. The lowest BCUT2D eigenvalue weighted by molar-refractivity contribution is 0.550. The standard InChI is InChI=1S/C59H45NS/c1-2-19-40(20-3-1)42-21-4-5-22-43(42)44-23-6-7-24-45(44)47-26-9-13-32-55(47)60(41-35-36-54-52(39-41)46-25-8-12-31-53(46)59(54)37-16-17-38-59)56-33-14-10-27-48(56)50-29-18-30-51-49-28-11-15-34-57(49)61-58(50)51/h2,4-15,18-36,39H,1,3,16-17,37-38H2. The Balaban J connectivity index is 1.11. The van der Waals surface area contributed by atoms with E-state index in [2.05, 4.69) is 205 Å². The molecule has 1 spiro atoms. The fourth-order valence-electron chi connectivity index (χ4n) is 11.0. The molecule has 61 heavy (non-hydrogen) atoms. The van der Waals surface area contributed by atoms with E-state index in [0.29, 0.717) is 0 Å². The van der Waals surface area contributed by atoms with Crippen LogP contribution >= 0.6 is 11.3 Å². The maximum absolute atomic E-state index is 2.56. The average molecular weight is 800 g/mol. The monoisotopic (exact) mass is 799 g/mol. The van der Waals surface area contributed by atoms with Crippen LogP contribution in [0.15, 0.2) is 200 Å². The first-order valence-corrected chi connectivity index (χ1v) is 22.8. The minimum atomic E-state index is 0.108. The van der Waals surface area contributed by atoms with Crippen molar-refractivity contribution in [3.63, 3.8) is 0 Å². The molecule has 0 bridgehead atoms. The molecule has 1 saturated carbocycles. The topological polar surface area (TPSA) is 3.24 Å². The lowest BCUT2D eigenvalue weighted by atomic mass is 9.77. The Bertz CT molecular complexity index is 3220. The molecule has 0 amide bonds. The highest BCUT2D eigenvalue weighted by atomic mass is 32.1. The summed E-state index contributed by atoms with van der Waals surface area (Å²) in [5.74, 6) is 0. The van der Waals surface area contributed by atoms with Crippen molar-refractivity contribution in [2.45, 2.75) is 43.9 Å². The van der Waals surface area contributed by atoms with Crippen molar-refractivity contribution in [1.82, 2.24) is 0 Å². The number of anilines is 3. The van der Waals surface area contributed by atoms with Crippen molar-refractivity contribution in [3.8, 4) is 44.5 Å². The fourth-order valence-corrected chi connectivity index (χ4v) is 12.2. The fraction of sp³-hybridized carbons (Fsp3) is 0.119. The summed E-state index contributed by atoms with van der Waals surface area (Å²) in [6.45, 7) is 0. The smallest absolute Gasteiger partial charge is 0.0540 e. The second-order valence-electron chi connectivity index (χ2n) is 16.9. The van der Waals surface area contributed by atoms with E-state index in [1.165, 1.54) is 118 Å². The van der Waals surface area contributed by atoms with Gasteiger partial charge in [0.05, 0.1) is 11.4 Å². The third-order valence-corrected chi connectivity index (χ3v) is 14.9. The summed E-state index contributed by atoms with van der Waals surface area (Å²) >= 11 is 1.90. The van der Waals surface area contributed by atoms with E-state index in [1.807, 2.05) is 11.3 Å². The first kappa shape index (κ1) is 36.1. The molecular weight excluding hydrogens is 755 g/mol. The van der Waals surface area contributed by atoms with E-state index in [0.717, 1.165) is 24.2 Å². The van der Waals surface area contributed by atoms with Gasteiger partial charge in [-0.2, -0.15) is 0 Å². The molecule has 0 radical (unpaired) electrons. The van der Waals surface area contributed by atoms with Crippen LogP contribution in [-0.4, -0.2) is 0 Å². The van der Waals surface area contributed by atoms with Crippen LogP contribution in [-0.2, 0) is 5.41 Å². The Labute approximate surface area is 362 Å². The number of rotatable bonds is 7. The zero-order valence-corrected chi connectivity index (χ0v) is 35.0. The van der Waals surface area contributed by atoms with Gasteiger partial charge >= 0.3 is 0 Å². The van der Waals surface area contributed by atoms with Crippen molar-refractivity contribution in [2.75, 3.05) is 4.90 Å². The van der Waals surface area contributed by atoms with Crippen LogP contribution in [0, 0.1) is 0 Å². The number of hydrogen-bond acceptors (Lipinski definition) is 2. The number of benzene rings is 8. The Morgan fingerprint density at radius 1 is 0.426 bits per heavy atom. The van der Waals surface area contributed by atoms with Crippen LogP contribution in [0.1, 0.15) is 55.2 Å². The minimum Gasteiger partial charge on any atom is -0.309 e. The number of nitrogens with zero attached hydrogens (tertiary/aromatic N) is 1. The maximum Gasteiger partial charge on any atom is 0.0540 e.